The zero-order valence-electron chi connectivity index (χ0n) is 12.3. The van der Waals surface area contributed by atoms with E-state index in [0.717, 1.165) is 0 Å². The van der Waals surface area contributed by atoms with E-state index in [9.17, 15) is 15.3 Å². The normalized spacial score (nSPS) is 12.8. The topological polar surface area (TPSA) is 85.6 Å². The average Bonchev–Trinajstić information content (AvgIpc) is 2.29. The Morgan fingerprint density at radius 2 is 1.84 bits per heavy atom. The molecule has 1 rings (SSSR count). The summed E-state index contributed by atoms with van der Waals surface area (Å²) in [5, 5.41) is 32.6. The van der Waals surface area contributed by atoms with Crippen LogP contribution in [-0.4, -0.2) is 31.4 Å². The Morgan fingerprint density at radius 1 is 1.26 bits per heavy atom. The Morgan fingerprint density at radius 3 is 2.32 bits per heavy atom. The van der Waals surface area contributed by atoms with E-state index in [0.29, 0.717) is 23.4 Å². The van der Waals surface area contributed by atoms with Crippen molar-refractivity contribution in [1.29, 1.82) is 0 Å². The van der Waals surface area contributed by atoms with Crippen molar-refractivity contribution in [2.75, 3.05) is 0 Å². The molecule has 0 spiro atoms. The van der Waals surface area contributed by atoms with Crippen molar-refractivity contribution in [3.8, 4) is 5.75 Å². The molecule has 5 heteroatoms. The standard InChI is InChI=1S/C14H24N2O3/c1-9-12(18)11(10(8-17)6-15-9)7-16-13(2,3)14(4,5)19/h6,16-19H,7-8H2,1-5H3. The van der Waals surface area contributed by atoms with Gasteiger partial charge in [0, 0.05) is 29.4 Å². The Bertz CT molecular complexity index is 451. The first kappa shape index (κ1) is 15.9. The summed E-state index contributed by atoms with van der Waals surface area (Å²) in [5.74, 6) is 0.0885. The molecule has 5 nitrogen and oxygen atoms in total. The van der Waals surface area contributed by atoms with Gasteiger partial charge in [-0.05, 0) is 34.6 Å². The van der Waals surface area contributed by atoms with Crippen LogP contribution in [0, 0.1) is 6.92 Å². The minimum atomic E-state index is -0.913. The van der Waals surface area contributed by atoms with Crippen LogP contribution < -0.4 is 5.32 Å². The summed E-state index contributed by atoms with van der Waals surface area (Å²) >= 11 is 0. The van der Waals surface area contributed by atoms with Crippen LogP contribution >= 0.6 is 0 Å². The van der Waals surface area contributed by atoms with Crippen molar-refractivity contribution in [1.82, 2.24) is 10.3 Å². The summed E-state index contributed by atoms with van der Waals surface area (Å²) < 4.78 is 0. The van der Waals surface area contributed by atoms with E-state index in [-0.39, 0.29) is 12.4 Å². The van der Waals surface area contributed by atoms with E-state index >= 15 is 0 Å². The van der Waals surface area contributed by atoms with E-state index in [1.165, 1.54) is 0 Å². The monoisotopic (exact) mass is 268 g/mol. The van der Waals surface area contributed by atoms with Gasteiger partial charge >= 0.3 is 0 Å². The highest BCUT2D eigenvalue weighted by Gasteiger charge is 2.34. The van der Waals surface area contributed by atoms with Gasteiger partial charge in [-0.1, -0.05) is 0 Å². The molecule has 0 aliphatic heterocycles. The van der Waals surface area contributed by atoms with Crippen LogP contribution in [0.2, 0.25) is 0 Å². The van der Waals surface area contributed by atoms with Crippen molar-refractivity contribution in [2.24, 2.45) is 0 Å². The molecule has 0 bridgehead atoms. The smallest absolute Gasteiger partial charge is 0.141 e. The lowest BCUT2D eigenvalue weighted by molar-refractivity contribution is -0.00546. The van der Waals surface area contributed by atoms with Gasteiger partial charge in [-0.2, -0.15) is 0 Å². The Kier molecular flexibility index (Phi) is 4.55. The van der Waals surface area contributed by atoms with E-state index < -0.39 is 11.1 Å². The quantitative estimate of drug-likeness (QED) is 0.645. The molecule has 108 valence electrons. The molecule has 1 heterocycles. The Hall–Kier alpha value is -1.17. The maximum Gasteiger partial charge on any atom is 0.141 e. The molecule has 0 aromatic carbocycles. The summed E-state index contributed by atoms with van der Waals surface area (Å²) in [6.45, 7) is 9.10. The molecule has 0 amide bonds. The van der Waals surface area contributed by atoms with E-state index in [1.54, 1.807) is 27.0 Å². The number of pyridine rings is 1. The van der Waals surface area contributed by atoms with Gasteiger partial charge < -0.3 is 20.6 Å². The molecule has 0 aliphatic rings. The third-order valence-electron chi connectivity index (χ3n) is 3.84. The SMILES string of the molecule is Cc1ncc(CO)c(CNC(C)(C)C(C)(C)O)c1O. The largest absolute Gasteiger partial charge is 0.506 e. The lowest BCUT2D eigenvalue weighted by atomic mass is 9.85. The fourth-order valence-electron chi connectivity index (χ4n) is 1.54. The molecule has 0 saturated carbocycles. The summed E-state index contributed by atoms with van der Waals surface area (Å²) in [5.41, 5.74) is 0.275. The number of hydrogen-bond donors (Lipinski definition) is 4. The summed E-state index contributed by atoms with van der Waals surface area (Å²) in [4.78, 5) is 4.02. The second kappa shape index (κ2) is 5.45. The first-order valence-corrected chi connectivity index (χ1v) is 6.34. The van der Waals surface area contributed by atoms with Crippen molar-refractivity contribution in [3.05, 3.63) is 23.0 Å². The summed E-state index contributed by atoms with van der Waals surface area (Å²) in [6, 6.07) is 0. The number of aryl methyl sites for hydroxylation is 1. The van der Waals surface area contributed by atoms with Gasteiger partial charge in [-0.3, -0.25) is 4.98 Å². The first-order chi connectivity index (χ1) is 8.60. The molecular weight excluding hydrogens is 244 g/mol. The van der Waals surface area contributed by atoms with Gasteiger partial charge in [0.2, 0.25) is 0 Å². The predicted octanol–water partition coefficient (Wildman–Crippen LogP) is 1.23. The maximum atomic E-state index is 10.1. The van der Waals surface area contributed by atoms with Crippen LogP contribution in [0.15, 0.2) is 6.20 Å². The van der Waals surface area contributed by atoms with Crippen molar-refractivity contribution in [2.45, 2.75) is 58.9 Å². The second-order valence-corrected chi connectivity index (χ2v) is 5.89. The van der Waals surface area contributed by atoms with Gasteiger partial charge in [0.15, 0.2) is 0 Å². The zero-order valence-corrected chi connectivity index (χ0v) is 12.3. The number of aromatic hydroxyl groups is 1. The van der Waals surface area contributed by atoms with E-state index in [1.807, 2.05) is 13.8 Å². The van der Waals surface area contributed by atoms with Crippen LogP contribution in [0.25, 0.3) is 0 Å². The third kappa shape index (κ3) is 3.43. The van der Waals surface area contributed by atoms with Crippen molar-refractivity contribution < 1.29 is 15.3 Å². The van der Waals surface area contributed by atoms with Crippen LogP contribution in [0.3, 0.4) is 0 Å². The highest BCUT2D eigenvalue weighted by Crippen LogP contribution is 2.26. The predicted molar refractivity (Wildman–Crippen MR) is 73.8 cm³/mol. The molecule has 0 unspecified atom stereocenters. The van der Waals surface area contributed by atoms with Gasteiger partial charge in [0.05, 0.1) is 17.9 Å². The molecular formula is C14H24N2O3. The highest BCUT2D eigenvalue weighted by atomic mass is 16.3. The Balaban J connectivity index is 2.98. The summed E-state index contributed by atoms with van der Waals surface area (Å²) in [7, 11) is 0. The van der Waals surface area contributed by atoms with Crippen molar-refractivity contribution in [3.63, 3.8) is 0 Å². The summed E-state index contributed by atoms with van der Waals surface area (Å²) in [6.07, 6.45) is 1.56. The molecule has 0 atom stereocenters. The highest BCUT2D eigenvalue weighted by molar-refractivity contribution is 5.40. The van der Waals surface area contributed by atoms with E-state index in [2.05, 4.69) is 10.3 Å². The van der Waals surface area contributed by atoms with Crippen LogP contribution in [0.5, 0.6) is 5.75 Å². The van der Waals surface area contributed by atoms with Gasteiger partial charge in [0.1, 0.15) is 5.75 Å². The molecule has 0 saturated heterocycles. The number of aliphatic hydroxyl groups excluding tert-OH is 1. The Labute approximate surface area is 114 Å². The molecule has 4 N–H and O–H groups in total. The number of hydrogen-bond acceptors (Lipinski definition) is 5. The van der Waals surface area contributed by atoms with E-state index in [4.69, 9.17) is 0 Å². The fraction of sp³-hybridized carbons (Fsp3) is 0.643. The lowest BCUT2D eigenvalue weighted by Crippen LogP contribution is -2.55. The molecule has 19 heavy (non-hydrogen) atoms. The average molecular weight is 268 g/mol. The molecule has 0 radical (unpaired) electrons. The molecule has 1 aromatic rings. The van der Waals surface area contributed by atoms with Crippen molar-refractivity contribution >= 4 is 0 Å². The third-order valence-corrected chi connectivity index (χ3v) is 3.84. The van der Waals surface area contributed by atoms with Crippen LogP contribution in [0.4, 0.5) is 0 Å². The second-order valence-electron chi connectivity index (χ2n) is 5.89. The number of aliphatic hydroxyl groups is 2. The maximum absolute atomic E-state index is 10.1. The minimum Gasteiger partial charge on any atom is -0.506 e. The van der Waals surface area contributed by atoms with Gasteiger partial charge in [-0.15, -0.1) is 0 Å². The van der Waals surface area contributed by atoms with Gasteiger partial charge in [-0.25, -0.2) is 0 Å². The van der Waals surface area contributed by atoms with Gasteiger partial charge in [0.25, 0.3) is 0 Å². The lowest BCUT2D eigenvalue weighted by Gasteiger charge is -2.38. The number of rotatable bonds is 5. The molecule has 0 aliphatic carbocycles. The van der Waals surface area contributed by atoms with Crippen LogP contribution in [-0.2, 0) is 13.2 Å². The first-order valence-electron chi connectivity index (χ1n) is 6.34. The molecule has 1 aromatic heterocycles. The number of nitrogens with zero attached hydrogens (tertiary/aromatic N) is 1. The minimum absolute atomic E-state index is 0.0885. The fourth-order valence-corrected chi connectivity index (χ4v) is 1.54. The molecule has 0 fully saturated rings. The zero-order chi connectivity index (χ0) is 14.8. The number of nitrogens with one attached hydrogen (secondary N) is 1. The number of aromatic nitrogens is 1. The van der Waals surface area contributed by atoms with Crippen LogP contribution in [0.1, 0.15) is 44.5 Å².